The van der Waals surface area contributed by atoms with Crippen molar-refractivity contribution in [2.75, 3.05) is 5.32 Å². The molecule has 0 bridgehead atoms. The summed E-state index contributed by atoms with van der Waals surface area (Å²) in [5.41, 5.74) is -0.0316. The zero-order chi connectivity index (χ0) is 16.2. The fourth-order valence-electron chi connectivity index (χ4n) is 1.51. The Bertz CT molecular complexity index is 668. The largest absolute Gasteiger partial charge is 0.456 e. The number of halogens is 3. The van der Waals surface area contributed by atoms with Crippen LogP contribution in [0.2, 0.25) is 0 Å². The number of hydrogen-bond donors (Lipinski definition) is 2. The van der Waals surface area contributed by atoms with Crippen LogP contribution in [0.15, 0.2) is 36.5 Å². The zero-order valence-corrected chi connectivity index (χ0v) is 11.0. The van der Waals surface area contributed by atoms with Crippen LogP contribution in [0.3, 0.4) is 0 Å². The van der Waals surface area contributed by atoms with Crippen LogP contribution in [0.1, 0.15) is 16.1 Å². The first-order valence-electron chi connectivity index (χ1n) is 6.00. The number of benzene rings is 1. The van der Waals surface area contributed by atoms with E-state index in [0.29, 0.717) is 6.20 Å². The molecule has 1 heterocycles. The number of Topliss-reactive ketones (excluding diaryl/α,β-unsaturated/α-hetero) is 1. The molecule has 1 amide bonds. The summed E-state index contributed by atoms with van der Waals surface area (Å²) in [5, 5.41) is 2.09. The number of H-pyrrole nitrogens is 1. The minimum absolute atomic E-state index is 0.0122. The molecule has 0 radical (unpaired) electrons. The minimum Gasteiger partial charge on any atom is -0.444 e. The van der Waals surface area contributed by atoms with Crippen LogP contribution in [0, 0.1) is 0 Å². The third-order valence-corrected chi connectivity index (χ3v) is 2.51. The molecule has 0 saturated heterocycles. The molecule has 0 atom stereocenters. The number of hydrogen-bond acceptors (Lipinski definition) is 4. The number of ketones is 1. The molecular formula is C13H10F3N3O3. The summed E-state index contributed by atoms with van der Waals surface area (Å²) in [7, 11) is 0. The first-order valence-corrected chi connectivity index (χ1v) is 6.00. The highest BCUT2D eigenvalue weighted by molar-refractivity contribution is 5.99. The summed E-state index contributed by atoms with van der Waals surface area (Å²) in [5.74, 6) is -2.39. The van der Waals surface area contributed by atoms with E-state index in [1.807, 2.05) is 0 Å². The van der Waals surface area contributed by atoms with Gasteiger partial charge in [0.25, 0.3) is 5.78 Å². The summed E-state index contributed by atoms with van der Waals surface area (Å²) in [6.45, 7) is -0.0122. The molecule has 1 aromatic heterocycles. The summed E-state index contributed by atoms with van der Waals surface area (Å²) in [4.78, 5) is 27.9. The smallest absolute Gasteiger partial charge is 0.444 e. The molecule has 0 aliphatic heterocycles. The van der Waals surface area contributed by atoms with Gasteiger partial charge < -0.3 is 9.72 Å². The van der Waals surface area contributed by atoms with Crippen LogP contribution in [0.5, 0.6) is 0 Å². The van der Waals surface area contributed by atoms with E-state index in [0.717, 1.165) is 5.56 Å². The Hall–Kier alpha value is -2.84. The highest BCUT2D eigenvalue weighted by atomic mass is 19.4. The SMILES string of the molecule is O=C(Nc1ncc(C(=O)C(F)(F)F)[nH]1)OCc1ccccc1. The molecule has 22 heavy (non-hydrogen) atoms. The molecule has 0 spiro atoms. The predicted octanol–water partition coefficient (Wildman–Crippen LogP) is 2.90. The van der Waals surface area contributed by atoms with Gasteiger partial charge in [-0.1, -0.05) is 30.3 Å². The van der Waals surface area contributed by atoms with Gasteiger partial charge in [-0.25, -0.2) is 9.78 Å². The van der Waals surface area contributed by atoms with E-state index in [-0.39, 0.29) is 12.6 Å². The fourth-order valence-corrected chi connectivity index (χ4v) is 1.51. The normalized spacial score (nSPS) is 11.0. The lowest BCUT2D eigenvalue weighted by atomic mass is 10.2. The molecule has 9 heteroatoms. The van der Waals surface area contributed by atoms with Gasteiger partial charge in [0.15, 0.2) is 0 Å². The number of carbonyl (C=O) groups is 2. The molecule has 0 saturated carbocycles. The maximum absolute atomic E-state index is 12.2. The number of carbonyl (C=O) groups excluding carboxylic acids is 2. The van der Waals surface area contributed by atoms with Crippen molar-refractivity contribution < 1.29 is 27.5 Å². The lowest BCUT2D eigenvalue weighted by Gasteiger charge is -2.05. The van der Waals surface area contributed by atoms with Crippen molar-refractivity contribution in [2.24, 2.45) is 0 Å². The van der Waals surface area contributed by atoms with Gasteiger partial charge in [0.2, 0.25) is 5.95 Å². The minimum atomic E-state index is -5.02. The number of aromatic amines is 1. The monoisotopic (exact) mass is 313 g/mol. The second-order valence-corrected chi connectivity index (χ2v) is 4.16. The molecular weight excluding hydrogens is 303 g/mol. The molecule has 0 fully saturated rings. The Morgan fingerprint density at radius 1 is 1.23 bits per heavy atom. The quantitative estimate of drug-likeness (QED) is 0.850. The second kappa shape index (κ2) is 6.29. The molecule has 1 aromatic carbocycles. The number of amides is 1. The number of imidazole rings is 1. The average Bonchev–Trinajstić information content (AvgIpc) is 2.92. The van der Waals surface area contributed by atoms with Crippen LogP contribution in [-0.4, -0.2) is 28.0 Å². The molecule has 2 aromatic rings. The molecule has 2 rings (SSSR count). The Kier molecular flexibility index (Phi) is 4.44. The van der Waals surface area contributed by atoms with Gasteiger partial charge in [0.05, 0.1) is 6.20 Å². The molecule has 0 unspecified atom stereocenters. The van der Waals surface area contributed by atoms with Crippen LogP contribution >= 0.6 is 0 Å². The van der Waals surface area contributed by atoms with Gasteiger partial charge in [-0.3, -0.25) is 10.1 Å². The number of ether oxygens (including phenoxy) is 1. The number of aromatic nitrogens is 2. The second-order valence-electron chi connectivity index (χ2n) is 4.16. The first kappa shape index (κ1) is 15.5. The van der Waals surface area contributed by atoms with E-state index >= 15 is 0 Å². The van der Waals surface area contributed by atoms with E-state index in [1.165, 1.54) is 0 Å². The third kappa shape index (κ3) is 4.08. The van der Waals surface area contributed by atoms with E-state index in [9.17, 15) is 22.8 Å². The van der Waals surface area contributed by atoms with Crippen LogP contribution < -0.4 is 5.32 Å². The molecule has 6 nitrogen and oxygen atoms in total. The van der Waals surface area contributed by atoms with Gasteiger partial charge in [-0.2, -0.15) is 13.2 Å². The average molecular weight is 313 g/mol. The number of nitrogens with zero attached hydrogens (tertiary/aromatic N) is 1. The number of rotatable bonds is 4. The lowest BCUT2D eigenvalue weighted by molar-refractivity contribution is -0.0887. The van der Waals surface area contributed by atoms with Gasteiger partial charge >= 0.3 is 12.3 Å². The molecule has 116 valence electrons. The van der Waals surface area contributed by atoms with Crippen molar-refractivity contribution in [2.45, 2.75) is 12.8 Å². The van der Waals surface area contributed by atoms with Gasteiger partial charge in [0, 0.05) is 0 Å². The maximum atomic E-state index is 12.2. The summed E-state index contributed by atoms with van der Waals surface area (Å²) in [6.07, 6.45) is -5.25. The summed E-state index contributed by atoms with van der Waals surface area (Å²) in [6, 6.07) is 8.79. The number of alkyl halides is 3. The van der Waals surface area contributed by atoms with Crippen molar-refractivity contribution >= 4 is 17.8 Å². The third-order valence-electron chi connectivity index (χ3n) is 2.51. The Morgan fingerprint density at radius 2 is 1.91 bits per heavy atom. The van der Waals surface area contributed by atoms with Crippen molar-refractivity contribution in [1.29, 1.82) is 0 Å². The topological polar surface area (TPSA) is 84.1 Å². The number of nitrogens with one attached hydrogen (secondary N) is 2. The number of anilines is 1. The Morgan fingerprint density at radius 3 is 2.55 bits per heavy atom. The Labute approximate surface area is 122 Å². The molecule has 0 aliphatic carbocycles. The Balaban J connectivity index is 1.90. The van der Waals surface area contributed by atoms with Gasteiger partial charge in [-0.15, -0.1) is 0 Å². The van der Waals surface area contributed by atoms with Crippen LogP contribution in [-0.2, 0) is 11.3 Å². The van der Waals surface area contributed by atoms with E-state index < -0.39 is 23.7 Å². The van der Waals surface area contributed by atoms with Gasteiger partial charge in [-0.05, 0) is 5.56 Å². The van der Waals surface area contributed by atoms with Crippen molar-refractivity contribution in [3.63, 3.8) is 0 Å². The van der Waals surface area contributed by atoms with E-state index in [2.05, 4.69) is 15.3 Å². The predicted molar refractivity (Wildman–Crippen MR) is 69.2 cm³/mol. The highest BCUT2D eigenvalue weighted by Crippen LogP contribution is 2.20. The maximum Gasteiger partial charge on any atom is 0.456 e. The standard InChI is InChI=1S/C13H10F3N3O3/c14-13(15,16)10(20)9-6-17-11(18-9)19-12(21)22-7-8-4-2-1-3-5-8/h1-6H,7H2,(H2,17,18,19,21). The lowest BCUT2D eigenvalue weighted by Crippen LogP contribution is -2.23. The van der Waals surface area contributed by atoms with Crippen molar-refractivity contribution in [1.82, 2.24) is 9.97 Å². The van der Waals surface area contributed by atoms with Gasteiger partial charge in [0.1, 0.15) is 12.3 Å². The van der Waals surface area contributed by atoms with Crippen molar-refractivity contribution in [3.05, 3.63) is 47.8 Å². The summed E-state index contributed by atoms with van der Waals surface area (Å²) >= 11 is 0. The van der Waals surface area contributed by atoms with E-state index in [4.69, 9.17) is 4.74 Å². The molecule has 2 N–H and O–H groups in total. The zero-order valence-electron chi connectivity index (χ0n) is 11.0. The first-order chi connectivity index (χ1) is 10.4. The van der Waals surface area contributed by atoms with E-state index in [1.54, 1.807) is 30.3 Å². The van der Waals surface area contributed by atoms with Crippen LogP contribution in [0.25, 0.3) is 0 Å². The molecule has 0 aliphatic rings. The van der Waals surface area contributed by atoms with Crippen LogP contribution in [0.4, 0.5) is 23.9 Å². The summed E-state index contributed by atoms with van der Waals surface area (Å²) < 4.78 is 41.5. The van der Waals surface area contributed by atoms with Crippen molar-refractivity contribution in [3.8, 4) is 0 Å². The highest BCUT2D eigenvalue weighted by Gasteiger charge is 2.40. The fraction of sp³-hybridized carbons (Fsp3) is 0.154.